The molecular weight excluding hydrogens is 344 g/mol. The first-order valence-electron chi connectivity index (χ1n) is 7.61. The fraction of sp³-hybridized carbons (Fsp3) is 0.412. The Hall–Kier alpha value is -1.57. The molecule has 1 aromatic carbocycles. The molecule has 0 aliphatic heterocycles. The second kappa shape index (κ2) is 9.05. The van der Waals surface area contributed by atoms with E-state index in [1.807, 2.05) is 37.4 Å². The van der Waals surface area contributed by atoms with Crippen molar-refractivity contribution in [1.82, 2.24) is 10.3 Å². The number of aliphatic hydroxyl groups excluding tert-OH is 1. The Morgan fingerprint density at radius 2 is 2.29 bits per heavy atom. The van der Waals surface area contributed by atoms with E-state index in [-0.39, 0.29) is 18.6 Å². The number of amides is 1. The van der Waals surface area contributed by atoms with E-state index in [1.165, 1.54) is 11.3 Å². The lowest BCUT2D eigenvalue weighted by Crippen LogP contribution is -2.37. The van der Waals surface area contributed by atoms with Gasteiger partial charge in [-0.2, -0.15) is 11.8 Å². The largest absolute Gasteiger partial charge is 0.497 e. The van der Waals surface area contributed by atoms with Gasteiger partial charge in [0, 0.05) is 5.56 Å². The van der Waals surface area contributed by atoms with E-state index in [4.69, 9.17) is 4.74 Å². The minimum absolute atomic E-state index is 0.0626. The topological polar surface area (TPSA) is 71.5 Å². The quantitative estimate of drug-likeness (QED) is 0.751. The number of aryl methyl sites for hydroxylation is 1. The summed E-state index contributed by atoms with van der Waals surface area (Å²) in [6.07, 6.45) is 2.74. The van der Waals surface area contributed by atoms with Crippen molar-refractivity contribution in [3.05, 3.63) is 34.8 Å². The molecule has 130 valence electrons. The smallest absolute Gasteiger partial charge is 0.263 e. The molecule has 0 fully saturated rings. The number of nitrogens with one attached hydrogen (secondary N) is 1. The van der Waals surface area contributed by atoms with Gasteiger partial charge < -0.3 is 15.2 Å². The molecule has 0 radical (unpaired) electrons. The SMILES string of the molecule is COc1cccc(-c2nc(C)c(C(=O)NC(CO)CCSC)s2)c1. The van der Waals surface area contributed by atoms with Crippen LogP contribution in [-0.2, 0) is 0 Å². The van der Waals surface area contributed by atoms with Gasteiger partial charge in [0.1, 0.15) is 15.6 Å². The minimum Gasteiger partial charge on any atom is -0.497 e. The second-order valence-corrected chi connectivity index (χ2v) is 7.28. The zero-order chi connectivity index (χ0) is 17.5. The van der Waals surface area contributed by atoms with Crippen LogP contribution in [0.1, 0.15) is 21.8 Å². The molecule has 2 aromatic rings. The summed E-state index contributed by atoms with van der Waals surface area (Å²) in [5.41, 5.74) is 1.61. The number of aromatic nitrogens is 1. The van der Waals surface area contributed by atoms with Crippen molar-refractivity contribution < 1.29 is 14.6 Å². The van der Waals surface area contributed by atoms with E-state index in [0.29, 0.717) is 10.6 Å². The third-order valence-electron chi connectivity index (χ3n) is 3.55. The molecule has 0 spiro atoms. The number of aliphatic hydroxyl groups is 1. The number of thioether (sulfide) groups is 1. The Labute approximate surface area is 150 Å². The van der Waals surface area contributed by atoms with Gasteiger partial charge in [0.15, 0.2) is 0 Å². The van der Waals surface area contributed by atoms with E-state index >= 15 is 0 Å². The van der Waals surface area contributed by atoms with Gasteiger partial charge in [-0.25, -0.2) is 4.98 Å². The van der Waals surface area contributed by atoms with Gasteiger partial charge in [0.05, 0.1) is 25.5 Å². The molecule has 0 bridgehead atoms. The molecule has 0 aliphatic rings. The zero-order valence-electron chi connectivity index (χ0n) is 14.0. The molecule has 1 amide bonds. The molecule has 2 N–H and O–H groups in total. The Balaban J connectivity index is 2.16. The van der Waals surface area contributed by atoms with Crippen LogP contribution in [0, 0.1) is 6.92 Å². The van der Waals surface area contributed by atoms with E-state index in [1.54, 1.807) is 18.9 Å². The average Bonchev–Trinajstić information content (AvgIpc) is 3.00. The molecule has 1 atom stereocenters. The van der Waals surface area contributed by atoms with E-state index in [2.05, 4.69) is 10.3 Å². The van der Waals surface area contributed by atoms with Crippen LogP contribution in [0.25, 0.3) is 10.6 Å². The van der Waals surface area contributed by atoms with Crippen LogP contribution in [0.2, 0.25) is 0 Å². The number of hydrogen-bond donors (Lipinski definition) is 2. The Bertz CT molecular complexity index is 688. The molecule has 1 heterocycles. The monoisotopic (exact) mass is 366 g/mol. The highest BCUT2D eigenvalue weighted by Crippen LogP contribution is 2.30. The maximum atomic E-state index is 12.5. The molecule has 2 rings (SSSR count). The summed E-state index contributed by atoms with van der Waals surface area (Å²) in [5.74, 6) is 1.46. The first-order valence-corrected chi connectivity index (χ1v) is 9.82. The van der Waals surface area contributed by atoms with Crippen LogP contribution in [0.5, 0.6) is 5.75 Å². The third-order valence-corrected chi connectivity index (χ3v) is 5.39. The van der Waals surface area contributed by atoms with E-state index in [0.717, 1.165) is 28.5 Å². The molecule has 0 saturated carbocycles. The highest BCUT2D eigenvalue weighted by atomic mass is 32.2. The molecule has 1 aromatic heterocycles. The van der Waals surface area contributed by atoms with Crippen LogP contribution in [0.4, 0.5) is 0 Å². The first kappa shape index (κ1) is 18.8. The summed E-state index contributed by atoms with van der Waals surface area (Å²) < 4.78 is 5.23. The summed E-state index contributed by atoms with van der Waals surface area (Å²) in [6, 6.07) is 7.38. The van der Waals surface area contributed by atoms with Gasteiger partial charge in [-0.1, -0.05) is 12.1 Å². The van der Waals surface area contributed by atoms with Crippen LogP contribution in [0.3, 0.4) is 0 Å². The molecule has 1 unspecified atom stereocenters. The molecule has 5 nitrogen and oxygen atoms in total. The Morgan fingerprint density at radius 1 is 1.50 bits per heavy atom. The lowest BCUT2D eigenvalue weighted by atomic mass is 10.2. The van der Waals surface area contributed by atoms with Crippen LogP contribution in [0.15, 0.2) is 24.3 Å². The van der Waals surface area contributed by atoms with E-state index < -0.39 is 0 Å². The van der Waals surface area contributed by atoms with Crippen molar-refractivity contribution in [3.8, 4) is 16.3 Å². The number of thiazole rings is 1. The number of benzene rings is 1. The van der Waals surface area contributed by atoms with Gasteiger partial charge in [0.2, 0.25) is 0 Å². The van der Waals surface area contributed by atoms with Gasteiger partial charge in [-0.3, -0.25) is 4.79 Å². The van der Waals surface area contributed by atoms with Crippen LogP contribution in [-0.4, -0.2) is 47.8 Å². The second-order valence-electron chi connectivity index (χ2n) is 5.30. The summed E-state index contributed by atoms with van der Waals surface area (Å²) in [4.78, 5) is 17.6. The van der Waals surface area contributed by atoms with Gasteiger partial charge in [-0.05, 0) is 37.5 Å². The lowest BCUT2D eigenvalue weighted by Gasteiger charge is -2.15. The predicted molar refractivity (Wildman–Crippen MR) is 100 cm³/mol. The first-order chi connectivity index (χ1) is 11.6. The highest BCUT2D eigenvalue weighted by molar-refractivity contribution is 7.98. The summed E-state index contributed by atoms with van der Waals surface area (Å²) >= 11 is 3.04. The van der Waals surface area contributed by atoms with Gasteiger partial charge >= 0.3 is 0 Å². The molecule has 7 heteroatoms. The number of methoxy groups -OCH3 is 1. The number of nitrogens with zero attached hydrogens (tertiary/aromatic N) is 1. The minimum atomic E-state index is -0.230. The van der Waals surface area contributed by atoms with Gasteiger partial charge in [0.25, 0.3) is 5.91 Å². The molecule has 0 saturated heterocycles. The molecule has 24 heavy (non-hydrogen) atoms. The maximum Gasteiger partial charge on any atom is 0.263 e. The van der Waals surface area contributed by atoms with Crippen LogP contribution < -0.4 is 10.1 Å². The van der Waals surface area contributed by atoms with Crippen molar-refractivity contribution in [2.45, 2.75) is 19.4 Å². The Morgan fingerprint density at radius 3 is 2.96 bits per heavy atom. The van der Waals surface area contributed by atoms with Crippen molar-refractivity contribution in [1.29, 1.82) is 0 Å². The lowest BCUT2D eigenvalue weighted by molar-refractivity contribution is 0.0918. The van der Waals surface area contributed by atoms with Crippen LogP contribution >= 0.6 is 23.1 Å². The standard InChI is InChI=1S/C17H22N2O3S2/c1-11-15(16(21)19-13(10-20)7-8-23-3)24-17(18-11)12-5-4-6-14(9-12)22-2/h4-6,9,13,20H,7-8,10H2,1-3H3,(H,19,21). The van der Waals surface area contributed by atoms with Crippen molar-refractivity contribution >= 4 is 29.0 Å². The van der Waals surface area contributed by atoms with Crippen molar-refractivity contribution in [2.75, 3.05) is 25.7 Å². The fourth-order valence-electron chi connectivity index (χ4n) is 2.21. The Kier molecular flexibility index (Phi) is 7.08. The number of hydrogen-bond acceptors (Lipinski definition) is 6. The number of ether oxygens (including phenoxy) is 1. The zero-order valence-corrected chi connectivity index (χ0v) is 15.7. The fourth-order valence-corrected chi connectivity index (χ4v) is 3.69. The van der Waals surface area contributed by atoms with E-state index in [9.17, 15) is 9.90 Å². The maximum absolute atomic E-state index is 12.5. The molecule has 0 aliphatic carbocycles. The summed E-state index contributed by atoms with van der Waals surface area (Å²) in [6.45, 7) is 1.76. The molecular formula is C17H22N2O3S2. The van der Waals surface area contributed by atoms with Gasteiger partial charge in [-0.15, -0.1) is 11.3 Å². The summed E-state index contributed by atoms with van der Waals surface area (Å²) in [7, 11) is 1.62. The highest BCUT2D eigenvalue weighted by Gasteiger charge is 2.19. The van der Waals surface area contributed by atoms with Crippen molar-refractivity contribution in [3.63, 3.8) is 0 Å². The third kappa shape index (κ3) is 4.72. The number of carbonyl (C=O) groups excluding carboxylic acids is 1. The average molecular weight is 367 g/mol. The number of rotatable bonds is 8. The number of carbonyl (C=O) groups is 1. The summed E-state index contributed by atoms with van der Waals surface area (Å²) in [5, 5.41) is 13.1. The van der Waals surface area contributed by atoms with Crippen molar-refractivity contribution in [2.24, 2.45) is 0 Å². The normalized spacial score (nSPS) is 12.0. The predicted octanol–water partition coefficient (Wildman–Crippen LogP) is 2.97.